The number of methoxy groups -OCH3 is 1. The van der Waals surface area contributed by atoms with Crippen LogP contribution in [0.25, 0.3) is 0 Å². The lowest BCUT2D eigenvalue weighted by Crippen LogP contribution is -2.38. The summed E-state index contributed by atoms with van der Waals surface area (Å²) in [5.74, 6) is 1.14. The third kappa shape index (κ3) is 9.14. The Labute approximate surface area is 194 Å². The molecule has 5 nitrogen and oxygen atoms in total. The van der Waals surface area contributed by atoms with Crippen LogP contribution in [0.5, 0.6) is 0 Å². The molecule has 0 saturated carbocycles. The van der Waals surface area contributed by atoms with Gasteiger partial charge in [-0.2, -0.15) is 0 Å². The van der Waals surface area contributed by atoms with E-state index in [4.69, 9.17) is 18.3 Å². The average Bonchev–Trinajstić information content (AvgIpc) is 2.92. The first-order valence-corrected chi connectivity index (χ1v) is 18.6. The predicted octanol–water partition coefficient (Wildman–Crippen LogP) is 6.05. The Hall–Kier alpha value is -1.07. The molecule has 0 aliphatic carbocycles. The molecule has 174 valence electrons. The van der Waals surface area contributed by atoms with Crippen LogP contribution in [-0.2, 0) is 23.1 Å². The van der Waals surface area contributed by atoms with Crippen molar-refractivity contribution >= 4 is 34.2 Å². The van der Waals surface area contributed by atoms with Crippen molar-refractivity contribution in [2.75, 3.05) is 12.9 Å². The van der Waals surface area contributed by atoms with Crippen molar-refractivity contribution in [3.8, 4) is 0 Å². The maximum absolute atomic E-state index is 13.0. The molecule has 1 heterocycles. The van der Waals surface area contributed by atoms with E-state index in [1.807, 2.05) is 18.2 Å². The van der Waals surface area contributed by atoms with Gasteiger partial charge in [0.05, 0.1) is 18.8 Å². The van der Waals surface area contributed by atoms with Gasteiger partial charge >= 0.3 is 0 Å². The third-order valence-corrected chi connectivity index (χ3v) is 7.65. The van der Waals surface area contributed by atoms with E-state index in [0.717, 1.165) is 11.3 Å². The van der Waals surface area contributed by atoms with Crippen LogP contribution >= 0.6 is 11.8 Å². The summed E-state index contributed by atoms with van der Waals surface area (Å²) in [6, 6.07) is 10.2. The first kappa shape index (κ1) is 26.2. The second kappa shape index (κ2) is 10.7. The molecule has 1 aliphatic rings. The van der Waals surface area contributed by atoms with Crippen molar-refractivity contribution in [3.63, 3.8) is 0 Å². The van der Waals surface area contributed by atoms with Crippen molar-refractivity contribution < 1.29 is 23.1 Å². The smallest absolute Gasteiger partial charge is 0.268 e. The first-order valence-electron chi connectivity index (χ1n) is 10.8. The molecule has 0 spiro atoms. The summed E-state index contributed by atoms with van der Waals surface area (Å²) in [5.41, 5.74) is -0.587. The molecule has 1 unspecified atom stereocenters. The number of ether oxygens (including phenoxy) is 2. The lowest BCUT2D eigenvalue weighted by atomic mass is 9.91. The van der Waals surface area contributed by atoms with Gasteiger partial charge in [-0.15, -0.1) is 11.8 Å². The third-order valence-electron chi connectivity index (χ3n) is 4.62. The van der Waals surface area contributed by atoms with Crippen molar-refractivity contribution in [2.24, 2.45) is 5.92 Å². The SMILES string of the molecule is CO/C(=C/C(=O)C[C@]1(CSc2ccccc2)C[C@@H](C)C(O[Si](C)(C)C)O1)O[Si](C)(C)C. The average molecular weight is 483 g/mol. The highest BCUT2D eigenvalue weighted by Gasteiger charge is 2.47. The Bertz CT molecular complexity index is 757. The highest BCUT2D eigenvalue weighted by atomic mass is 32.2. The van der Waals surface area contributed by atoms with Crippen molar-refractivity contribution in [1.82, 2.24) is 0 Å². The fourth-order valence-corrected chi connectivity index (χ4v) is 6.29. The Balaban J connectivity index is 2.20. The maximum atomic E-state index is 13.0. The lowest BCUT2D eigenvalue weighted by molar-refractivity contribution is -0.139. The molecule has 31 heavy (non-hydrogen) atoms. The van der Waals surface area contributed by atoms with E-state index in [2.05, 4.69) is 58.3 Å². The van der Waals surface area contributed by atoms with Gasteiger partial charge in [0.2, 0.25) is 8.32 Å². The van der Waals surface area contributed by atoms with E-state index in [9.17, 15) is 4.79 Å². The number of carbonyl (C=O) groups excluding carboxylic acids is 1. The largest absolute Gasteiger partial charge is 0.520 e. The number of hydrogen-bond acceptors (Lipinski definition) is 6. The Morgan fingerprint density at radius 1 is 1.16 bits per heavy atom. The Kier molecular flexibility index (Phi) is 9.04. The highest BCUT2D eigenvalue weighted by Crippen LogP contribution is 2.42. The predicted molar refractivity (Wildman–Crippen MR) is 132 cm³/mol. The van der Waals surface area contributed by atoms with E-state index < -0.39 is 22.2 Å². The van der Waals surface area contributed by atoms with E-state index >= 15 is 0 Å². The molecule has 3 atom stereocenters. The van der Waals surface area contributed by atoms with Gasteiger partial charge in [0.25, 0.3) is 5.95 Å². The first-order chi connectivity index (χ1) is 14.3. The summed E-state index contributed by atoms with van der Waals surface area (Å²) < 4.78 is 24.0. The van der Waals surface area contributed by atoms with Crippen molar-refractivity contribution in [1.29, 1.82) is 0 Å². The van der Waals surface area contributed by atoms with Crippen molar-refractivity contribution in [2.45, 2.75) is 75.8 Å². The molecular formula is C23H38O5SSi2. The van der Waals surface area contributed by atoms with E-state index in [1.54, 1.807) is 11.8 Å². The van der Waals surface area contributed by atoms with Gasteiger partial charge < -0.3 is 18.3 Å². The monoisotopic (exact) mass is 482 g/mol. The zero-order chi connectivity index (χ0) is 23.3. The van der Waals surface area contributed by atoms with Crippen molar-refractivity contribution in [3.05, 3.63) is 42.4 Å². The van der Waals surface area contributed by atoms with Crippen LogP contribution in [0.1, 0.15) is 19.8 Å². The number of hydrogen-bond donors (Lipinski definition) is 0. The lowest BCUT2D eigenvalue weighted by Gasteiger charge is -2.30. The standard InChI is InChI=1S/C23H38O5SSi2/c1-18-15-23(26-22(18)28-31(6,7)8,17-29-20-12-10-9-11-13-20)16-19(24)14-21(25-2)27-30(3,4)5/h9-14,18,22H,15-17H2,1-8H3/b21-14-/t18-,22?,23+/m1/s1. The highest BCUT2D eigenvalue weighted by molar-refractivity contribution is 7.99. The molecule has 0 radical (unpaired) electrons. The van der Waals surface area contributed by atoms with Gasteiger partial charge in [0.15, 0.2) is 20.4 Å². The van der Waals surface area contributed by atoms with Gasteiger partial charge in [-0.3, -0.25) is 4.79 Å². The fraction of sp³-hybridized carbons (Fsp3) is 0.609. The van der Waals surface area contributed by atoms with Gasteiger partial charge in [0, 0.05) is 23.0 Å². The minimum absolute atomic E-state index is 0.0513. The van der Waals surface area contributed by atoms with E-state index in [-0.39, 0.29) is 30.4 Å². The van der Waals surface area contributed by atoms with E-state index in [0.29, 0.717) is 5.75 Å². The second-order valence-corrected chi connectivity index (χ2v) is 20.1. The molecule has 1 fully saturated rings. The van der Waals surface area contributed by atoms with Crippen LogP contribution in [0.2, 0.25) is 39.3 Å². The van der Waals surface area contributed by atoms with Gasteiger partial charge in [-0.05, 0) is 57.8 Å². The number of ketones is 1. The molecule has 1 aromatic rings. The minimum Gasteiger partial charge on any atom is -0.520 e. The van der Waals surface area contributed by atoms with Crippen LogP contribution in [0.4, 0.5) is 0 Å². The molecule has 0 aromatic heterocycles. The minimum atomic E-state index is -1.88. The summed E-state index contributed by atoms with van der Waals surface area (Å²) in [4.78, 5) is 14.2. The normalized spacial score (nSPS) is 24.8. The molecule has 2 rings (SSSR count). The molecule has 8 heteroatoms. The zero-order valence-corrected chi connectivity index (χ0v) is 23.0. The number of thioether (sulfide) groups is 1. The van der Waals surface area contributed by atoms with Gasteiger partial charge in [-0.1, -0.05) is 25.1 Å². The van der Waals surface area contributed by atoms with Gasteiger partial charge in [0.1, 0.15) is 0 Å². The molecule has 0 amide bonds. The molecular weight excluding hydrogens is 444 g/mol. The summed E-state index contributed by atoms with van der Waals surface area (Å²) in [6.07, 6.45) is 2.25. The summed E-state index contributed by atoms with van der Waals surface area (Å²) in [6.45, 7) is 14.8. The number of benzene rings is 1. The fourth-order valence-electron chi connectivity index (χ4n) is 3.50. The quantitative estimate of drug-likeness (QED) is 0.166. The van der Waals surface area contributed by atoms with Crippen LogP contribution in [-0.4, -0.2) is 47.2 Å². The molecule has 1 aromatic carbocycles. The van der Waals surface area contributed by atoms with Crippen LogP contribution in [0.15, 0.2) is 47.2 Å². The summed E-state index contributed by atoms with van der Waals surface area (Å²) in [7, 11) is -2.12. The number of rotatable bonds is 11. The van der Waals surface area contributed by atoms with Crippen LogP contribution < -0.4 is 0 Å². The molecule has 1 saturated heterocycles. The number of carbonyl (C=O) groups is 1. The van der Waals surface area contributed by atoms with Crippen LogP contribution in [0.3, 0.4) is 0 Å². The zero-order valence-electron chi connectivity index (χ0n) is 20.2. The summed E-state index contributed by atoms with van der Waals surface area (Å²) >= 11 is 1.72. The topological polar surface area (TPSA) is 54.0 Å². The number of allylic oxidation sites excluding steroid dienone is 1. The summed E-state index contributed by atoms with van der Waals surface area (Å²) in [5, 5.41) is 0. The van der Waals surface area contributed by atoms with Gasteiger partial charge in [-0.25, -0.2) is 0 Å². The van der Waals surface area contributed by atoms with E-state index in [1.165, 1.54) is 13.2 Å². The molecule has 0 bridgehead atoms. The Morgan fingerprint density at radius 2 is 1.81 bits per heavy atom. The maximum Gasteiger partial charge on any atom is 0.268 e. The second-order valence-electron chi connectivity index (χ2n) is 10.2. The van der Waals surface area contributed by atoms with Crippen LogP contribution in [0, 0.1) is 5.92 Å². The Morgan fingerprint density at radius 3 is 2.35 bits per heavy atom. The molecule has 0 N–H and O–H groups in total. The molecule has 1 aliphatic heterocycles.